The zero-order chi connectivity index (χ0) is 15.1. The number of nitro benzene ring substituents is 1. The van der Waals surface area contributed by atoms with Crippen molar-refractivity contribution >= 4 is 28.9 Å². The van der Waals surface area contributed by atoms with Crippen molar-refractivity contribution in [2.24, 2.45) is 10.2 Å². The van der Waals surface area contributed by atoms with Gasteiger partial charge in [-0.3, -0.25) is 10.1 Å². The molecule has 0 fully saturated rings. The summed E-state index contributed by atoms with van der Waals surface area (Å²) in [5, 5.41) is 18.0. The van der Waals surface area contributed by atoms with Crippen molar-refractivity contribution in [3.63, 3.8) is 0 Å². The van der Waals surface area contributed by atoms with E-state index in [0.29, 0.717) is 5.75 Å². The Morgan fingerprint density at radius 1 is 1.55 bits per heavy atom. The Labute approximate surface area is 119 Å². The zero-order valence-electron chi connectivity index (χ0n) is 10.8. The number of nitrogens with zero attached hydrogens (tertiary/aromatic N) is 3. The minimum absolute atomic E-state index is 0.0363. The molecule has 0 heterocycles. The van der Waals surface area contributed by atoms with E-state index in [2.05, 4.69) is 15.0 Å². The normalized spacial score (nSPS) is 12.2. The molecule has 0 aliphatic carbocycles. The van der Waals surface area contributed by atoms with Gasteiger partial charge in [-0.2, -0.15) is 5.11 Å². The van der Waals surface area contributed by atoms with Crippen LogP contribution in [0.4, 0.5) is 11.4 Å². The number of azo groups is 1. The van der Waals surface area contributed by atoms with Crippen LogP contribution in [0.2, 0.25) is 0 Å². The van der Waals surface area contributed by atoms with Crippen LogP contribution in [0, 0.1) is 10.1 Å². The minimum atomic E-state index is -1.35. The van der Waals surface area contributed by atoms with E-state index < -0.39 is 16.4 Å². The van der Waals surface area contributed by atoms with E-state index in [1.807, 2.05) is 0 Å². The van der Waals surface area contributed by atoms with Gasteiger partial charge in [0.1, 0.15) is 5.75 Å². The van der Waals surface area contributed by atoms with Gasteiger partial charge in [0.05, 0.1) is 24.7 Å². The molecule has 0 N–H and O–H groups in total. The monoisotopic (exact) mass is 301 g/mol. The summed E-state index contributed by atoms with van der Waals surface area (Å²) in [6.07, 6.45) is 0. The molecule has 1 aromatic carbocycles. The van der Waals surface area contributed by atoms with E-state index in [1.54, 1.807) is 6.92 Å². The van der Waals surface area contributed by atoms with Crippen LogP contribution in [-0.4, -0.2) is 30.1 Å². The van der Waals surface area contributed by atoms with Gasteiger partial charge in [0.2, 0.25) is 5.50 Å². The Bertz CT molecular complexity index is 535. The van der Waals surface area contributed by atoms with E-state index in [4.69, 9.17) is 16.3 Å². The molecule has 0 aliphatic rings. The van der Waals surface area contributed by atoms with Crippen molar-refractivity contribution in [2.75, 3.05) is 13.7 Å². The standard InChI is InChI=1S/C11H12ClN3O5/c1-3-20-11(16)10(12)14-13-8-5-4-7(19-2)6-9(8)15(17)18/h4-6,10H,3H2,1-2H3. The Kier molecular flexibility index (Phi) is 5.85. The molecule has 0 saturated carbocycles. The summed E-state index contributed by atoms with van der Waals surface area (Å²) in [6.45, 7) is 1.77. The number of hydrogen-bond acceptors (Lipinski definition) is 7. The van der Waals surface area contributed by atoms with Crippen LogP contribution >= 0.6 is 11.6 Å². The molecule has 0 aliphatic heterocycles. The van der Waals surface area contributed by atoms with Gasteiger partial charge in [0, 0.05) is 0 Å². The molecule has 0 amide bonds. The van der Waals surface area contributed by atoms with Crippen LogP contribution in [0.25, 0.3) is 0 Å². The number of methoxy groups -OCH3 is 1. The third-order valence-corrected chi connectivity index (χ3v) is 2.39. The first kappa shape index (κ1) is 15.8. The van der Waals surface area contributed by atoms with Gasteiger partial charge in [-0.15, -0.1) is 5.11 Å². The van der Waals surface area contributed by atoms with E-state index in [1.165, 1.54) is 25.3 Å². The van der Waals surface area contributed by atoms with Crippen molar-refractivity contribution in [1.82, 2.24) is 0 Å². The second-order valence-electron chi connectivity index (χ2n) is 3.42. The lowest BCUT2D eigenvalue weighted by atomic mass is 10.2. The topological polar surface area (TPSA) is 103 Å². The van der Waals surface area contributed by atoms with E-state index in [-0.39, 0.29) is 18.0 Å². The van der Waals surface area contributed by atoms with Gasteiger partial charge in [-0.05, 0) is 19.1 Å². The smallest absolute Gasteiger partial charge is 0.348 e. The van der Waals surface area contributed by atoms with E-state index in [9.17, 15) is 14.9 Å². The summed E-state index contributed by atoms with van der Waals surface area (Å²) in [4.78, 5) is 21.5. The Morgan fingerprint density at radius 3 is 2.80 bits per heavy atom. The summed E-state index contributed by atoms with van der Waals surface area (Å²) < 4.78 is 9.51. The lowest BCUT2D eigenvalue weighted by Crippen LogP contribution is -2.15. The van der Waals surface area contributed by atoms with Crippen molar-refractivity contribution in [3.8, 4) is 5.75 Å². The molecule has 1 atom stereocenters. The zero-order valence-corrected chi connectivity index (χ0v) is 11.5. The molecule has 9 heteroatoms. The molecule has 0 spiro atoms. The molecule has 1 aromatic rings. The number of benzene rings is 1. The number of carbonyl (C=O) groups is 1. The number of alkyl halides is 1. The highest BCUT2D eigenvalue weighted by molar-refractivity contribution is 6.29. The van der Waals surface area contributed by atoms with Crippen LogP contribution in [0.15, 0.2) is 28.4 Å². The molecule has 1 unspecified atom stereocenters. The van der Waals surface area contributed by atoms with Crippen molar-refractivity contribution in [3.05, 3.63) is 28.3 Å². The average Bonchev–Trinajstić information content (AvgIpc) is 2.44. The number of ether oxygens (including phenoxy) is 2. The average molecular weight is 302 g/mol. The number of carbonyl (C=O) groups excluding carboxylic acids is 1. The van der Waals surface area contributed by atoms with Crippen LogP contribution in [0.1, 0.15) is 6.92 Å². The molecular weight excluding hydrogens is 290 g/mol. The maximum Gasteiger partial charge on any atom is 0.348 e. The fourth-order valence-corrected chi connectivity index (χ4v) is 1.34. The molecule has 20 heavy (non-hydrogen) atoms. The third-order valence-electron chi connectivity index (χ3n) is 2.13. The van der Waals surface area contributed by atoms with Crippen molar-refractivity contribution < 1.29 is 19.2 Å². The lowest BCUT2D eigenvalue weighted by molar-refractivity contribution is -0.384. The van der Waals surface area contributed by atoms with Crippen LogP contribution < -0.4 is 4.74 Å². The first-order valence-electron chi connectivity index (χ1n) is 5.53. The van der Waals surface area contributed by atoms with Gasteiger partial charge in [-0.1, -0.05) is 11.6 Å². The number of esters is 1. The minimum Gasteiger partial charge on any atom is -0.496 e. The van der Waals surface area contributed by atoms with E-state index >= 15 is 0 Å². The predicted molar refractivity (Wildman–Crippen MR) is 70.4 cm³/mol. The van der Waals surface area contributed by atoms with E-state index in [0.717, 1.165) is 0 Å². The van der Waals surface area contributed by atoms with Gasteiger partial charge in [0.25, 0.3) is 5.69 Å². The molecule has 8 nitrogen and oxygen atoms in total. The highest BCUT2D eigenvalue weighted by atomic mass is 35.5. The molecule has 0 radical (unpaired) electrons. The van der Waals surface area contributed by atoms with Crippen LogP contribution in [0.3, 0.4) is 0 Å². The summed E-state index contributed by atoms with van der Waals surface area (Å²) >= 11 is 5.62. The van der Waals surface area contributed by atoms with Crippen molar-refractivity contribution in [1.29, 1.82) is 0 Å². The van der Waals surface area contributed by atoms with Gasteiger partial charge < -0.3 is 9.47 Å². The summed E-state index contributed by atoms with van der Waals surface area (Å²) in [5.74, 6) is -0.461. The lowest BCUT2D eigenvalue weighted by Gasteiger charge is -2.03. The quantitative estimate of drug-likeness (QED) is 0.201. The highest BCUT2D eigenvalue weighted by Crippen LogP contribution is 2.31. The summed E-state index contributed by atoms with van der Waals surface area (Å²) in [5.41, 5.74) is -1.69. The summed E-state index contributed by atoms with van der Waals surface area (Å²) in [6, 6.07) is 4.02. The Hall–Kier alpha value is -2.22. The first-order chi connectivity index (χ1) is 9.49. The van der Waals surface area contributed by atoms with Gasteiger partial charge in [-0.25, -0.2) is 4.79 Å². The maximum atomic E-state index is 11.2. The van der Waals surface area contributed by atoms with Gasteiger partial charge >= 0.3 is 5.97 Å². The Morgan fingerprint density at radius 2 is 2.25 bits per heavy atom. The predicted octanol–water partition coefficient (Wildman–Crippen LogP) is 2.82. The van der Waals surface area contributed by atoms with Crippen LogP contribution in [0.5, 0.6) is 5.75 Å². The fraction of sp³-hybridized carbons (Fsp3) is 0.364. The molecule has 1 rings (SSSR count). The summed E-state index contributed by atoms with van der Waals surface area (Å²) in [7, 11) is 1.38. The van der Waals surface area contributed by atoms with Gasteiger partial charge in [0.15, 0.2) is 5.69 Å². The SMILES string of the molecule is CCOC(=O)C(Cl)N=Nc1ccc(OC)cc1[N+](=O)[O-]. The molecule has 108 valence electrons. The molecule has 0 bridgehead atoms. The number of halogens is 1. The van der Waals surface area contributed by atoms with Crippen molar-refractivity contribution in [2.45, 2.75) is 12.4 Å². The number of hydrogen-bond donors (Lipinski definition) is 0. The number of rotatable bonds is 6. The maximum absolute atomic E-state index is 11.2. The molecule has 0 saturated heterocycles. The second kappa shape index (κ2) is 7.39. The number of nitro groups is 1. The molecular formula is C11H12ClN3O5. The fourth-order valence-electron chi connectivity index (χ4n) is 1.23. The largest absolute Gasteiger partial charge is 0.496 e. The molecule has 0 aromatic heterocycles. The third kappa shape index (κ3) is 4.16. The first-order valence-corrected chi connectivity index (χ1v) is 5.97. The highest BCUT2D eigenvalue weighted by Gasteiger charge is 2.18. The Balaban J connectivity index is 2.96. The second-order valence-corrected chi connectivity index (χ2v) is 3.83. The van der Waals surface area contributed by atoms with Crippen LogP contribution in [-0.2, 0) is 9.53 Å².